The number of phenols is 2. The maximum atomic E-state index is 9.34. The van der Waals surface area contributed by atoms with E-state index in [-0.39, 0.29) is 18.1 Å². The molecular formula is C8H10BrNO3. The van der Waals surface area contributed by atoms with Crippen molar-refractivity contribution in [3.05, 3.63) is 21.7 Å². The number of nitrogens with two attached hydrogens (primary N) is 1. The van der Waals surface area contributed by atoms with Crippen LogP contribution < -0.4 is 5.90 Å². The third kappa shape index (κ3) is 1.93. The van der Waals surface area contributed by atoms with Crippen LogP contribution in [0.25, 0.3) is 0 Å². The summed E-state index contributed by atoms with van der Waals surface area (Å²) >= 11 is 3.14. The van der Waals surface area contributed by atoms with Crippen LogP contribution in [0.1, 0.15) is 11.1 Å². The molecule has 0 aliphatic rings. The zero-order valence-electron chi connectivity index (χ0n) is 7.04. The molecule has 0 saturated carbocycles. The van der Waals surface area contributed by atoms with Gasteiger partial charge in [-0.2, -0.15) is 0 Å². The lowest BCUT2D eigenvalue weighted by Crippen LogP contribution is -2.01. The van der Waals surface area contributed by atoms with Crippen LogP contribution in [0.4, 0.5) is 0 Å². The van der Waals surface area contributed by atoms with Crippen molar-refractivity contribution < 1.29 is 15.1 Å². The van der Waals surface area contributed by atoms with Crippen LogP contribution in [-0.2, 0) is 11.4 Å². The Morgan fingerprint density at radius 1 is 1.54 bits per heavy atom. The van der Waals surface area contributed by atoms with E-state index in [0.29, 0.717) is 4.47 Å². The van der Waals surface area contributed by atoms with Crippen LogP contribution >= 0.6 is 15.9 Å². The Balaban J connectivity index is 3.26. The van der Waals surface area contributed by atoms with E-state index in [0.717, 1.165) is 11.1 Å². The van der Waals surface area contributed by atoms with Gasteiger partial charge in [-0.3, -0.25) is 4.84 Å². The van der Waals surface area contributed by atoms with Gasteiger partial charge in [-0.05, 0) is 34.5 Å². The van der Waals surface area contributed by atoms with Crippen LogP contribution in [0.3, 0.4) is 0 Å². The fourth-order valence-electron chi connectivity index (χ4n) is 1.05. The first-order chi connectivity index (χ1) is 6.07. The first-order valence-corrected chi connectivity index (χ1v) is 4.38. The van der Waals surface area contributed by atoms with Crippen molar-refractivity contribution >= 4 is 15.9 Å². The van der Waals surface area contributed by atoms with E-state index < -0.39 is 0 Å². The van der Waals surface area contributed by atoms with Gasteiger partial charge in [0.15, 0.2) is 11.5 Å². The van der Waals surface area contributed by atoms with E-state index in [9.17, 15) is 10.2 Å². The molecular weight excluding hydrogens is 238 g/mol. The summed E-state index contributed by atoms with van der Waals surface area (Å²) in [5.41, 5.74) is 1.52. The minimum atomic E-state index is -0.197. The summed E-state index contributed by atoms with van der Waals surface area (Å²) in [7, 11) is 0. The molecule has 0 spiro atoms. The molecule has 4 N–H and O–H groups in total. The Morgan fingerprint density at radius 2 is 2.15 bits per heavy atom. The molecule has 0 aliphatic heterocycles. The summed E-state index contributed by atoms with van der Waals surface area (Å²) in [6, 6.07) is 1.45. The second-order valence-corrected chi connectivity index (χ2v) is 3.46. The van der Waals surface area contributed by atoms with E-state index >= 15 is 0 Å². The minimum Gasteiger partial charge on any atom is -0.504 e. The van der Waals surface area contributed by atoms with Crippen LogP contribution in [0.15, 0.2) is 10.5 Å². The van der Waals surface area contributed by atoms with E-state index in [4.69, 9.17) is 5.90 Å². The number of rotatable bonds is 2. The number of halogens is 1. The predicted octanol–water partition coefficient (Wildman–Crippen LogP) is 1.56. The van der Waals surface area contributed by atoms with Crippen LogP contribution in [0, 0.1) is 6.92 Å². The summed E-state index contributed by atoms with van der Waals surface area (Å²) in [6.45, 7) is 1.97. The molecule has 72 valence electrons. The lowest BCUT2D eigenvalue weighted by molar-refractivity contribution is 0.123. The number of hydrogen-bond donors (Lipinski definition) is 3. The highest BCUT2D eigenvalue weighted by Gasteiger charge is 2.12. The molecule has 0 radical (unpaired) electrons. The Hall–Kier alpha value is -0.780. The summed E-state index contributed by atoms with van der Waals surface area (Å²) in [6.07, 6.45) is 0. The van der Waals surface area contributed by atoms with Crippen molar-refractivity contribution in [2.45, 2.75) is 13.5 Å². The van der Waals surface area contributed by atoms with Gasteiger partial charge in [-0.15, -0.1) is 0 Å². The molecule has 4 nitrogen and oxygen atoms in total. The summed E-state index contributed by atoms with van der Waals surface area (Å²) in [5.74, 6) is 4.56. The number of phenolic OH excluding ortho intramolecular Hbond substituents is 2. The molecule has 13 heavy (non-hydrogen) atoms. The molecule has 0 atom stereocenters. The van der Waals surface area contributed by atoms with Gasteiger partial charge < -0.3 is 10.2 Å². The average molecular weight is 248 g/mol. The fourth-order valence-corrected chi connectivity index (χ4v) is 1.68. The highest BCUT2D eigenvalue weighted by Crippen LogP contribution is 2.38. The largest absolute Gasteiger partial charge is 0.504 e. The molecule has 0 aromatic heterocycles. The third-order valence-corrected chi connectivity index (χ3v) is 2.63. The van der Waals surface area contributed by atoms with Crippen molar-refractivity contribution in [1.82, 2.24) is 0 Å². The Labute approximate surface area is 84.0 Å². The van der Waals surface area contributed by atoms with Crippen molar-refractivity contribution in [2.75, 3.05) is 0 Å². The van der Waals surface area contributed by atoms with E-state index in [1.165, 1.54) is 6.07 Å². The molecule has 1 rings (SSSR count). The zero-order valence-corrected chi connectivity index (χ0v) is 8.63. The lowest BCUT2D eigenvalue weighted by atomic mass is 10.1. The SMILES string of the molecule is Cc1cc(O)c(O)c(Br)c1CON. The molecule has 0 fully saturated rings. The average Bonchev–Trinajstić information content (AvgIpc) is 2.09. The van der Waals surface area contributed by atoms with Crippen molar-refractivity contribution in [1.29, 1.82) is 0 Å². The summed E-state index contributed by atoms with van der Waals surface area (Å²) in [5, 5.41) is 18.6. The van der Waals surface area contributed by atoms with E-state index in [1.807, 2.05) is 0 Å². The van der Waals surface area contributed by atoms with Crippen molar-refractivity contribution in [3.8, 4) is 11.5 Å². The predicted molar refractivity (Wildman–Crippen MR) is 51.2 cm³/mol. The normalized spacial score (nSPS) is 10.4. The topological polar surface area (TPSA) is 75.7 Å². The fraction of sp³-hybridized carbons (Fsp3) is 0.250. The van der Waals surface area contributed by atoms with Crippen molar-refractivity contribution in [3.63, 3.8) is 0 Å². The molecule has 0 saturated heterocycles. The second kappa shape index (κ2) is 3.95. The third-order valence-electron chi connectivity index (χ3n) is 1.77. The van der Waals surface area contributed by atoms with E-state index in [2.05, 4.69) is 20.8 Å². The van der Waals surface area contributed by atoms with Gasteiger partial charge in [-0.25, -0.2) is 5.90 Å². The van der Waals surface area contributed by atoms with Gasteiger partial charge in [0.25, 0.3) is 0 Å². The number of hydrogen-bond acceptors (Lipinski definition) is 4. The zero-order chi connectivity index (χ0) is 10.0. The summed E-state index contributed by atoms with van der Waals surface area (Å²) < 4.78 is 0.412. The quantitative estimate of drug-likeness (QED) is 0.548. The Morgan fingerprint density at radius 3 is 2.69 bits per heavy atom. The number of aryl methyl sites for hydroxylation is 1. The van der Waals surface area contributed by atoms with Gasteiger partial charge in [0, 0.05) is 5.56 Å². The molecule has 1 aromatic carbocycles. The van der Waals surface area contributed by atoms with Crippen molar-refractivity contribution in [2.24, 2.45) is 5.90 Å². The first-order valence-electron chi connectivity index (χ1n) is 3.59. The highest BCUT2D eigenvalue weighted by atomic mass is 79.9. The standard InChI is InChI=1S/C8H10BrNO3/c1-4-2-6(11)8(12)7(9)5(4)3-13-10/h2,11-12H,3,10H2,1H3. The molecule has 0 bridgehead atoms. The second-order valence-electron chi connectivity index (χ2n) is 2.66. The summed E-state index contributed by atoms with van der Waals surface area (Å²) in [4.78, 5) is 4.46. The number of benzene rings is 1. The number of aromatic hydroxyl groups is 2. The van der Waals surface area contributed by atoms with E-state index in [1.54, 1.807) is 6.92 Å². The maximum Gasteiger partial charge on any atom is 0.172 e. The molecule has 0 unspecified atom stereocenters. The maximum absolute atomic E-state index is 9.34. The van der Waals surface area contributed by atoms with Crippen LogP contribution in [0.5, 0.6) is 11.5 Å². The lowest BCUT2D eigenvalue weighted by Gasteiger charge is -2.09. The van der Waals surface area contributed by atoms with Crippen LogP contribution in [-0.4, -0.2) is 10.2 Å². The minimum absolute atomic E-state index is 0.162. The monoisotopic (exact) mass is 247 g/mol. The molecule has 0 aliphatic carbocycles. The van der Waals surface area contributed by atoms with Gasteiger partial charge >= 0.3 is 0 Å². The molecule has 5 heteroatoms. The smallest absolute Gasteiger partial charge is 0.172 e. The Bertz CT molecular complexity index is 328. The van der Waals surface area contributed by atoms with Gasteiger partial charge in [0.1, 0.15) is 0 Å². The first kappa shape index (κ1) is 10.3. The molecule has 0 heterocycles. The Kier molecular flexibility index (Phi) is 3.13. The van der Waals surface area contributed by atoms with Gasteiger partial charge in [0.2, 0.25) is 0 Å². The van der Waals surface area contributed by atoms with Gasteiger partial charge in [-0.1, -0.05) is 0 Å². The highest BCUT2D eigenvalue weighted by molar-refractivity contribution is 9.10. The molecule has 0 amide bonds. The van der Waals surface area contributed by atoms with Gasteiger partial charge in [0.05, 0.1) is 11.1 Å². The molecule has 1 aromatic rings. The van der Waals surface area contributed by atoms with Crippen LogP contribution in [0.2, 0.25) is 0 Å².